The first kappa shape index (κ1) is 26.9. The number of nitrogens with zero attached hydrogens (tertiary/aromatic N) is 2. The average Bonchev–Trinajstić information content (AvgIpc) is 3.54. The molecular weight excluding hydrogens is 464 g/mol. The zero-order valence-corrected chi connectivity index (χ0v) is 20.5. The van der Waals surface area contributed by atoms with Gasteiger partial charge in [-0.3, -0.25) is 14.4 Å². The standard InChI is InChI=1S/C25H34N6O5/c1-15(2)21(24(34)31-10-6-9-20(31)25(35)36)30-23(33)19(11-16-7-4-3-5-8-16)29-22(32)18(26)12-17-13-27-14-28-17/h3-5,7-8,13-15,18-21H,6,9-12,26H2,1-2H3,(H,27,28)(H,29,32)(H,30,33)(H,35,36). The summed E-state index contributed by atoms with van der Waals surface area (Å²) in [6.07, 6.45) is 4.43. The van der Waals surface area contributed by atoms with Gasteiger partial charge >= 0.3 is 5.97 Å². The largest absolute Gasteiger partial charge is 0.480 e. The van der Waals surface area contributed by atoms with Crippen molar-refractivity contribution >= 4 is 23.7 Å². The van der Waals surface area contributed by atoms with Crippen LogP contribution in [0.1, 0.15) is 37.9 Å². The van der Waals surface area contributed by atoms with Crippen LogP contribution in [0.15, 0.2) is 42.9 Å². The van der Waals surface area contributed by atoms with Crippen molar-refractivity contribution in [3.63, 3.8) is 0 Å². The van der Waals surface area contributed by atoms with Gasteiger partial charge < -0.3 is 31.4 Å². The van der Waals surface area contributed by atoms with Gasteiger partial charge in [-0.1, -0.05) is 44.2 Å². The molecule has 3 rings (SSSR count). The number of carboxylic acid groups (broad SMARTS) is 1. The summed E-state index contributed by atoms with van der Waals surface area (Å²) in [4.78, 5) is 59.2. The number of hydrogen-bond donors (Lipinski definition) is 5. The summed E-state index contributed by atoms with van der Waals surface area (Å²) < 4.78 is 0. The van der Waals surface area contributed by atoms with E-state index in [-0.39, 0.29) is 18.8 Å². The van der Waals surface area contributed by atoms with Crippen molar-refractivity contribution in [2.24, 2.45) is 11.7 Å². The highest BCUT2D eigenvalue weighted by atomic mass is 16.4. The molecule has 6 N–H and O–H groups in total. The number of benzene rings is 1. The lowest BCUT2D eigenvalue weighted by atomic mass is 9.99. The number of H-pyrrole nitrogens is 1. The summed E-state index contributed by atoms with van der Waals surface area (Å²) in [7, 11) is 0. The fourth-order valence-electron chi connectivity index (χ4n) is 4.30. The van der Waals surface area contributed by atoms with Gasteiger partial charge in [-0.05, 0) is 24.3 Å². The van der Waals surface area contributed by atoms with Crippen molar-refractivity contribution in [2.75, 3.05) is 6.54 Å². The molecule has 3 amide bonds. The van der Waals surface area contributed by atoms with Crippen molar-refractivity contribution in [2.45, 2.75) is 63.7 Å². The highest BCUT2D eigenvalue weighted by molar-refractivity contribution is 5.94. The van der Waals surface area contributed by atoms with Crippen LogP contribution in [0.3, 0.4) is 0 Å². The fourth-order valence-corrected chi connectivity index (χ4v) is 4.30. The van der Waals surface area contributed by atoms with Crippen molar-refractivity contribution in [1.82, 2.24) is 25.5 Å². The van der Waals surface area contributed by atoms with Crippen molar-refractivity contribution in [1.29, 1.82) is 0 Å². The summed E-state index contributed by atoms with van der Waals surface area (Å²) in [5.74, 6) is -2.86. The molecule has 4 unspecified atom stereocenters. The highest BCUT2D eigenvalue weighted by Crippen LogP contribution is 2.20. The molecule has 0 spiro atoms. The Morgan fingerprint density at radius 1 is 1.14 bits per heavy atom. The fraction of sp³-hybridized carbons (Fsp3) is 0.480. The average molecular weight is 499 g/mol. The van der Waals surface area contributed by atoms with Crippen LogP contribution in [0.25, 0.3) is 0 Å². The number of likely N-dealkylation sites (tertiary alicyclic amines) is 1. The number of rotatable bonds is 11. The molecule has 194 valence electrons. The van der Waals surface area contributed by atoms with Crippen LogP contribution in [-0.2, 0) is 32.0 Å². The molecule has 1 aliphatic rings. The number of imidazole rings is 1. The molecular formula is C25H34N6O5. The summed E-state index contributed by atoms with van der Waals surface area (Å²) in [6.45, 7) is 3.88. The third kappa shape index (κ3) is 6.91. The van der Waals surface area contributed by atoms with E-state index in [2.05, 4.69) is 20.6 Å². The monoisotopic (exact) mass is 498 g/mol. The van der Waals surface area contributed by atoms with Gasteiger partial charge in [-0.15, -0.1) is 0 Å². The molecule has 0 saturated carbocycles. The lowest BCUT2D eigenvalue weighted by molar-refractivity contribution is -0.150. The number of carbonyl (C=O) groups is 4. The smallest absolute Gasteiger partial charge is 0.326 e. The normalized spacial score (nSPS) is 17.9. The molecule has 11 heteroatoms. The number of carbonyl (C=O) groups excluding carboxylic acids is 3. The van der Waals surface area contributed by atoms with E-state index in [1.807, 2.05) is 30.3 Å². The topological polar surface area (TPSA) is 171 Å². The number of aromatic nitrogens is 2. The quantitative estimate of drug-likeness (QED) is 0.295. The van der Waals surface area contributed by atoms with Crippen LogP contribution in [0.2, 0.25) is 0 Å². The molecule has 4 atom stereocenters. The Hall–Kier alpha value is -3.73. The van der Waals surface area contributed by atoms with E-state index in [0.717, 1.165) is 5.56 Å². The van der Waals surface area contributed by atoms with E-state index < -0.39 is 47.9 Å². The second kappa shape index (κ2) is 12.3. The first-order valence-corrected chi connectivity index (χ1v) is 12.1. The Bertz CT molecular complexity index is 1040. The van der Waals surface area contributed by atoms with Crippen LogP contribution in [0.4, 0.5) is 0 Å². The third-order valence-corrected chi connectivity index (χ3v) is 6.30. The second-order valence-corrected chi connectivity index (χ2v) is 9.40. The zero-order valence-electron chi connectivity index (χ0n) is 20.5. The van der Waals surface area contributed by atoms with Crippen LogP contribution < -0.4 is 16.4 Å². The molecule has 11 nitrogen and oxygen atoms in total. The van der Waals surface area contributed by atoms with E-state index in [1.165, 1.54) is 11.2 Å². The number of carboxylic acids is 1. The van der Waals surface area contributed by atoms with Crippen molar-refractivity contribution in [3.8, 4) is 0 Å². The molecule has 1 aromatic carbocycles. The predicted molar refractivity (Wildman–Crippen MR) is 131 cm³/mol. The first-order chi connectivity index (χ1) is 17.2. The van der Waals surface area contributed by atoms with Gasteiger partial charge in [-0.2, -0.15) is 0 Å². The number of aliphatic carboxylic acids is 1. The third-order valence-electron chi connectivity index (χ3n) is 6.30. The number of nitrogens with two attached hydrogens (primary N) is 1. The summed E-state index contributed by atoms with van der Waals surface area (Å²) in [5.41, 5.74) is 7.57. The SMILES string of the molecule is CC(C)C(NC(=O)C(Cc1ccccc1)NC(=O)C(N)Cc1cnc[nH]1)C(=O)N1CCCC1C(=O)O. The molecule has 0 bridgehead atoms. The molecule has 0 radical (unpaired) electrons. The summed E-state index contributed by atoms with van der Waals surface area (Å²) in [6, 6.07) is 5.43. The molecule has 1 saturated heterocycles. The number of aromatic amines is 1. The van der Waals surface area contributed by atoms with E-state index in [4.69, 9.17) is 5.73 Å². The molecule has 1 aliphatic heterocycles. The van der Waals surface area contributed by atoms with Crippen LogP contribution in [-0.4, -0.2) is 74.4 Å². The molecule has 2 aromatic rings. The molecule has 2 heterocycles. The second-order valence-electron chi connectivity index (χ2n) is 9.40. The van der Waals surface area contributed by atoms with Crippen LogP contribution in [0.5, 0.6) is 0 Å². The van der Waals surface area contributed by atoms with Gasteiger partial charge in [0.05, 0.1) is 12.4 Å². The Kier molecular flexibility index (Phi) is 9.18. The zero-order chi connectivity index (χ0) is 26.2. The maximum absolute atomic E-state index is 13.4. The lowest BCUT2D eigenvalue weighted by Gasteiger charge is -2.31. The van der Waals surface area contributed by atoms with Gasteiger partial charge in [0, 0.05) is 31.3 Å². The summed E-state index contributed by atoms with van der Waals surface area (Å²) in [5, 5.41) is 15.0. The number of amides is 3. The Morgan fingerprint density at radius 3 is 2.47 bits per heavy atom. The van der Waals surface area contributed by atoms with Crippen LogP contribution >= 0.6 is 0 Å². The van der Waals surface area contributed by atoms with Gasteiger partial charge in [-0.25, -0.2) is 9.78 Å². The van der Waals surface area contributed by atoms with Gasteiger partial charge in [0.25, 0.3) is 0 Å². The van der Waals surface area contributed by atoms with Crippen molar-refractivity contribution in [3.05, 3.63) is 54.1 Å². The minimum atomic E-state index is -1.06. The van der Waals surface area contributed by atoms with Gasteiger partial charge in [0.1, 0.15) is 18.1 Å². The van der Waals surface area contributed by atoms with Crippen LogP contribution in [0, 0.1) is 5.92 Å². The Balaban J connectivity index is 1.75. The lowest BCUT2D eigenvalue weighted by Crippen LogP contribution is -2.59. The van der Waals surface area contributed by atoms with E-state index in [1.54, 1.807) is 20.0 Å². The minimum Gasteiger partial charge on any atom is -0.480 e. The van der Waals surface area contributed by atoms with E-state index >= 15 is 0 Å². The molecule has 36 heavy (non-hydrogen) atoms. The Morgan fingerprint density at radius 2 is 1.86 bits per heavy atom. The van der Waals surface area contributed by atoms with E-state index in [0.29, 0.717) is 25.1 Å². The molecule has 1 aromatic heterocycles. The maximum Gasteiger partial charge on any atom is 0.326 e. The highest BCUT2D eigenvalue weighted by Gasteiger charge is 2.39. The molecule has 0 aliphatic carbocycles. The minimum absolute atomic E-state index is 0.190. The Labute approximate surface area is 209 Å². The first-order valence-electron chi connectivity index (χ1n) is 12.1. The predicted octanol–water partition coefficient (Wildman–Crippen LogP) is 0.223. The summed E-state index contributed by atoms with van der Waals surface area (Å²) >= 11 is 0. The van der Waals surface area contributed by atoms with E-state index in [9.17, 15) is 24.3 Å². The molecule has 1 fully saturated rings. The number of hydrogen-bond acceptors (Lipinski definition) is 6. The van der Waals surface area contributed by atoms with Crippen molar-refractivity contribution < 1.29 is 24.3 Å². The number of nitrogens with one attached hydrogen (secondary N) is 3. The van der Waals surface area contributed by atoms with Gasteiger partial charge in [0.2, 0.25) is 17.7 Å². The van der Waals surface area contributed by atoms with Gasteiger partial charge in [0.15, 0.2) is 0 Å². The maximum atomic E-state index is 13.4.